The summed E-state index contributed by atoms with van der Waals surface area (Å²) in [5.74, 6) is 0.677. The molecule has 1 aromatic rings. The fraction of sp³-hybridized carbons (Fsp3) is 0.333. The van der Waals surface area contributed by atoms with Gasteiger partial charge in [-0.05, 0) is 35.4 Å². The Morgan fingerprint density at radius 3 is 3.00 bits per heavy atom. The molecule has 0 aliphatic carbocycles. The Morgan fingerprint density at radius 2 is 2.43 bits per heavy atom. The number of allylic oxidation sites excluding steroid dienone is 1. The van der Waals surface area contributed by atoms with Crippen molar-refractivity contribution in [1.82, 2.24) is 9.55 Å². The van der Waals surface area contributed by atoms with Gasteiger partial charge >= 0.3 is 0 Å². The number of nitrogens with zero attached hydrogens (tertiary/aromatic N) is 2. The van der Waals surface area contributed by atoms with Gasteiger partial charge in [-0.3, -0.25) is 9.36 Å². The molecule has 1 heterocycles. The highest BCUT2D eigenvalue weighted by atomic mass is 79.9. The van der Waals surface area contributed by atoms with Crippen LogP contribution in [0.5, 0.6) is 0 Å². The lowest BCUT2D eigenvalue weighted by atomic mass is 10.3. The van der Waals surface area contributed by atoms with E-state index in [1.807, 2.05) is 6.92 Å². The Balaban J connectivity index is 3.20. The summed E-state index contributed by atoms with van der Waals surface area (Å²) in [4.78, 5) is 15.7. The fourth-order valence-corrected chi connectivity index (χ4v) is 1.41. The molecule has 0 atom stereocenters. The Morgan fingerprint density at radius 1 is 1.79 bits per heavy atom. The summed E-state index contributed by atoms with van der Waals surface area (Å²) >= 11 is 8.68. The Labute approximate surface area is 95.5 Å². The van der Waals surface area contributed by atoms with Gasteiger partial charge in [-0.2, -0.15) is 0 Å². The second-order valence-corrected chi connectivity index (χ2v) is 4.07. The summed E-state index contributed by atoms with van der Waals surface area (Å²) in [6.45, 7) is 4.12. The molecule has 0 fully saturated rings. The van der Waals surface area contributed by atoms with Gasteiger partial charge in [0.2, 0.25) is 0 Å². The zero-order valence-corrected chi connectivity index (χ0v) is 10.3. The van der Waals surface area contributed by atoms with Gasteiger partial charge in [-0.15, -0.1) is 0 Å². The molecule has 3 nitrogen and oxygen atoms in total. The van der Waals surface area contributed by atoms with Crippen LogP contribution in [0.4, 0.5) is 0 Å². The van der Waals surface area contributed by atoms with E-state index in [2.05, 4.69) is 20.9 Å². The third-order valence-corrected chi connectivity index (χ3v) is 2.72. The SMILES string of the molecule is C/C(=C/Cl)Cn1c(C)ncc(Br)c1=O. The van der Waals surface area contributed by atoms with E-state index in [0.29, 0.717) is 16.8 Å². The number of hydrogen-bond donors (Lipinski definition) is 0. The number of halogens is 2. The maximum Gasteiger partial charge on any atom is 0.268 e. The Bertz CT molecular complexity index is 425. The third-order valence-electron chi connectivity index (χ3n) is 1.80. The first kappa shape index (κ1) is 11.5. The Kier molecular flexibility index (Phi) is 3.89. The highest BCUT2D eigenvalue weighted by Gasteiger charge is 2.05. The lowest BCUT2D eigenvalue weighted by Crippen LogP contribution is -2.24. The second-order valence-electron chi connectivity index (χ2n) is 3.00. The number of rotatable bonds is 2. The van der Waals surface area contributed by atoms with Gasteiger partial charge in [-0.1, -0.05) is 11.6 Å². The minimum Gasteiger partial charge on any atom is -0.292 e. The van der Waals surface area contributed by atoms with Gasteiger partial charge in [0.05, 0.1) is 0 Å². The van der Waals surface area contributed by atoms with Crippen molar-refractivity contribution < 1.29 is 0 Å². The molecule has 0 unspecified atom stereocenters. The summed E-state index contributed by atoms with van der Waals surface area (Å²) in [6.07, 6.45) is 1.51. The van der Waals surface area contributed by atoms with Crippen LogP contribution in [0, 0.1) is 6.92 Å². The van der Waals surface area contributed by atoms with Crippen LogP contribution in [-0.2, 0) is 6.54 Å². The molecule has 76 valence electrons. The van der Waals surface area contributed by atoms with Crippen molar-refractivity contribution >= 4 is 27.5 Å². The molecule has 0 N–H and O–H groups in total. The van der Waals surface area contributed by atoms with E-state index in [4.69, 9.17) is 11.6 Å². The third kappa shape index (κ3) is 2.45. The van der Waals surface area contributed by atoms with Crippen molar-refractivity contribution in [3.05, 3.63) is 38.0 Å². The maximum atomic E-state index is 11.6. The first-order valence-corrected chi connectivity index (χ1v) is 5.27. The van der Waals surface area contributed by atoms with Crippen molar-refractivity contribution in [3.8, 4) is 0 Å². The molecular formula is C9H10BrClN2O. The van der Waals surface area contributed by atoms with E-state index in [9.17, 15) is 4.79 Å². The van der Waals surface area contributed by atoms with Gasteiger partial charge in [0.1, 0.15) is 10.3 Å². The first-order valence-electron chi connectivity index (χ1n) is 4.04. The number of aromatic nitrogens is 2. The van der Waals surface area contributed by atoms with Crippen molar-refractivity contribution in [1.29, 1.82) is 0 Å². The van der Waals surface area contributed by atoms with Gasteiger partial charge in [0.15, 0.2) is 0 Å². The van der Waals surface area contributed by atoms with Crippen LogP contribution in [0.1, 0.15) is 12.7 Å². The predicted molar refractivity (Wildman–Crippen MR) is 60.5 cm³/mol. The zero-order chi connectivity index (χ0) is 10.7. The molecule has 0 saturated carbocycles. The lowest BCUT2D eigenvalue weighted by Gasteiger charge is -2.08. The molecule has 0 aromatic carbocycles. The minimum atomic E-state index is -0.0876. The molecule has 0 amide bonds. The molecule has 5 heteroatoms. The van der Waals surface area contributed by atoms with Crippen LogP contribution in [0.15, 0.2) is 26.6 Å². The summed E-state index contributed by atoms with van der Waals surface area (Å²) in [5, 5.41) is 0. The van der Waals surface area contributed by atoms with Crippen LogP contribution >= 0.6 is 27.5 Å². The van der Waals surface area contributed by atoms with Crippen LogP contribution < -0.4 is 5.56 Å². The van der Waals surface area contributed by atoms with E-state index in [1.165, 1.54) is 11.7 Å². The smallest absolute Gasteiger partial charge is 0.268 e. The van der Waals surface area contributed by atoms with E-state index in [0.717, 1.165) is 5.57 Å². The quantitative estimate of drug-likeness (QED) is 0.832. The first-order chi connectivity index (χ1) is 6.56. The second kappa shape index (κ2) is 4.75. The van der Waals surface area contributed by atoms with Gasteiger partial charge in [-0.25, -0.2) is 4.98 Å². The van der Waals surface area contributed by atoms with E-state index >= 15 is 0 Å². The summed E-state index contributed by atoms with van der Waals surface area (Å²) in [6, 6.07) is 0. The van der Waals surface area contributed by atoms with E-state index in [-0.39, 0.29) is 5.56 Å². The average molecular weight is 278 g/mol. The molecular weight excluding hydrogens is 267 g/mol. The average Bonchev–Trinajstić information content (AvgIpc) is 2.18. The highest BCUT2D eigenvalue weighted by molar-refractivity contribution is 9.10. The van der Waals surface area contributed by atoms with Crippen molar-refractivity contribution in [2.24, 2.45) is 0 Å². The van der Waals surface area contributed by atoms with Crippen LogP contribution in [-0.4, -0.2) is 9.55 Å². The van der Waals surface area contributed by atoms with Crippen molar-refractivity contribution in [3.63, 3.8) is 0 Å². The van der Waals surface area contributed by atoms with Gasteiger partial charge in [0, 0.05) is 18.3 Å². The molecule has 0 saturated heterocycles. The summed E-state index contributed by atoms with van der Waals surface area (Å²) in [5.41, 5.74) is 2.29. The van der Waals surface area contributed by atoms with Crippen molar-refractivity contribution in [2.45, 2.75) is 20.4 Å². The molecule has 0 spiro atoms. The molecule has 0 radical (unpaired) electrons. The van der Waals surface area contributed by atoms with Crippen LogP contribution in [0.3, 0.4) is 0 Å². The normalized spacial score (nSPS) is 11.9. The molecule has 0 aliphatic rings. The number of hydrogen-bond acceptors (Lipinski definition) is 2. The predicted octanol–water partition coefficient (Wildman–Crippen LogP) is 2.46. The van der Waals surface area contributed by atoms with Gasteiger partial charge in [0.25, 0.3) is 5.56 Å². The van der Waals surface area contributed by atoms with E-state index < -0.39 is 0 Å². The molecule has 14 heavy (non-hydrogen) atoms. The van der Waals surface area contributed by atoms with Gasteiger partial charge < -0.3 is 0 Å². The topological polar surface area (TPSA) is 34.9 Å². The highest BCUT2D eigenvalue weighted by Crippen LogP contribution is 2.04. The summed E-state index contributed by atoms with van der Waals surface area (Å²) in [7, 11) is 0. The Hall–Kier alpha value is -0.610. The minimum absolute atomic E-state index is 0.0876. The van der Waals surface area contributed by atoms with E-state index in [1.54, 1.807) is 11.5 Å². The maximum absolute atomic E-state index is 11.6. The van der Waals surface area contributed by atoms with Crippen LogP contribution in [0.25, 0.3) is 0 Å². The number of aryl methyl sites for hydroxylation is 1. The standard InChI is InChI=1S/C9H10BrClN2O/c1-6(3-11)5-13-7(2)12-4-8(10)9(13)14/h3-4H,5H2,1-2H3/b6-3-. The largest absolute Gasteiger partial charge is 0.292 e. The zero-order valence-electron chi connectivity index (χ0n) is 7.92. The summed E-state index contributed by atoms with van der Waals surface area (Å²) < 4.78 is 2.03. The van der Waals surface area contributed by atoms with Crippen LogP contribution in [0.2, 0.25) is 0 Å². The molecule has 1 aromatic heterocycles. The lowest BCUT2D eigenvalue weighted by molar-refractivity contribution is 0.687. The monoisotopic (exact) mass is 276 g/mol. The fourth-order valence-electron chi connectivity index (χ4n) is 1.02. The molecule has 0 bridgehead atoms. The van der Waals surface area contributed by atoms with Crippen molar-refractivity contribution in [2.75, 3.05) is 0 Å². The molecule has 0 aliphatic heterocycles. The molecule has 1 rings (SSSR count).